The summed E-state index contributed by atoms with van der Waals surface area (Å²) in [4.78, 5) is 23.5. The van der Waals surface area contributed by atoms with E-state index in [1.165, 1.54) is 18.9 Å². The number of carboxylic acid groups (broad SMARTS) is 1. The van der Waals surface area contributed by atoms with Crippen molar-refractivity contribution in [3.8, 4) is 0 Å². The Morgan fingerprint density at radius 2 is 2.00 bits per heavy atom. The third-order valence-electron chi connectivity index (χ3n) is 2.50. The molecule has 0 aliphatic rings. The van der Waals surface area contributed by atoms with Crippen molar-refractivity contribution >= 4 is 11.9 Å². The second kappa shape index (κ2) is 7.91. The Morgan fingerprint density at radius 1 is 1.38 bits per heavy atom. The predicted octanol–water partition coefficient (Wildman–Crippen LogP) is 2.05. The topological polar surface area (TPSA) is 57.6 Å². The SMILES string of the molecule is CC/C=C/CCCC(=O)N(C)C(C)C(=O)O. The fourth-order valence-electron chi connectivity index (χ4n) is 1.21. The van der Waals surface area contributed by atoms with E-state index >= 15 is 0 Å². The van der Waals surface area contributed by atoms with Crippen LogP contribution in [0.3, 0.4) is 0 Å². The van der Waals surface area contributed by atoms with Crippen molar-refractivity contribution in [2.24, 2.45) is 0 Å². The number of unbranched alkanes of at least 4 members (excludes halogenated alkanes) is 1. The van der Waals surface area contributed by atoms with Gasteiger partial charge < -0.3 is 10.0 Å². The van der Waals surface area contributed by atoms with Gasteiger partial charge in [0.05, 0.1) is 0 Å². The summed E-state index contributed by atoms with van der Waals surface area (Å²) < 4.78 is 0. The second-order valence-corrected chi connectivity index (χ2v) is 3.79. The Balaban J connectivity index is 3.88. The minimum absolute atomic E-state index is 0.111. The van der Waals surface area contributed by atoms with Gasteiger partial charge in [-0.25, -0.2) is 4.79 Å². The lowest BCUT2D eigenvalue weighted by atomic mass is 10.2. The summed E-state index contributed by atoms with van der Waals surface area (Å²) in [5.41, 5.74) is 0. The first kappa shape index (κ1) is 14.7. The molecule has 1 unspecified atom stereocenters. The molecule has 0 heterocycles. The van der Waals surface area contributed by atoms with Crippen molar-refractivity contribution in [3.63, 3.8) is 0 Å². The average Bonchev–Trinajstić information content (AvgIpc) is 2.26. The molecule has 1 N–H and O–H groups in total. The summed E-state index contributed by atoms with van der Waals surface area (Å²) in [7, 11) is 1.53. The van der Waals surface area contributed by atoms with Crippen LogP contribution in [-0.4, -0.2) is 35.0 Å². The quantitative estimate of drug-likeness (QED) is 0.535. The molecule has 1 atom stereocenters. The van der Waals surface area contributed by atoms with Gasteiger partial charge in [0.1, 0.15) is 6.04 Å². The molecular formula is C12H21NO3. The molecule has 4 heteroatoms. The number of nitrogens with zero attached hydrogens (tertiary/aromatic N) is 1. The van der Waals surface area contributed by atoms with Gasteiger partial charge in [0.15, 0.2) is 0 Å². The number of hydrogen-bond acceptors (Lipinski definition) is 2. The second-order valence-electron chi connectivity index (χ2n) is 3.79. The summed E-state index contributed by atoms with van der Waals surface area (Å²) in [6.07, 6.45) is 7.16. The summed E-state index contributed by atoms with van der Waals surface area (Å²) in [6, 6.07) is -0.751. The van der Waals surface area contributed by atoms with Gasteiger partial charge in [-0.15, -0.1) is 0 Å². The van der Waals surface area contributed by atoms with Gasteiger partial charge >= 0.3 is 5.97 Å². The van der Waals surface area contributed by atoms with E-state index in [0.717, 1.165) is 19.3 Å². The summed E-state index contributed by atoms with van der Waals surface area (Å²) in [6.45, 7) is 3.57. The van der Waals surface area contributed by atoms with Crippen LogP contribution in [0.4, 0.5) is 0 Å². The van der Waals surface area contributed by atoms with Crippen LogP contribution in [0, 0.1) is 0 Å². The first-order valence-corrected chi connectivity index (χ1v) is 5.64. The van der Waals surface area contributed by atoms with Crippen LogP contribution in [0.15, 0.2) is 12.2 Å². The van der Waals surface area contributed by atoms with Gasteiger partial charge in [-0.1, -0.05) is 19.1 Å². The molecule has 1 amide bonds. The molecule has 4 nitrogen and oxygen atoms in total. The fourth-order valence-corrected chi connectivity index (χ4v) is 1.21. The zero-order valence-electron chi connectivity index (χ0n) is 10.3. The largest absolute Gasteiger partial charge is 0.480 e. The fraction of sp³-hybridized carbons (Fsp3) is 0.667. The lowest BCUT2D eigenvalue weighted by Gasteiger charge is -2.21. The molecule has 0 rings (SSSR count). The number of likely N-dealkylation sites (N-methyl/N-ethyl adjacent to an activating group) is 1. The third kappa shape index (κ3) is 5.53. The summed E-state index contributed by atoms with van der Waals surface area (Å²) in [5, 5.41) is 8.74. The van der Waals surface area contributed by atoms with E-state index in [0.29, 0.717) is 6.42 Å². The van der Waals surface area contributed by atoms with Gasteiger partial charge in [-0.3, -0.25) is 4.79 Å². The number of hydrogen-bond donors (Lipinski definition) is 1. The van der Waals surface area contributed by atoms with Crippen LogP contribution >= 0.6 is 0 Å². The number of rotatable bonds is 7. The Bertz CT molecular complexity index is 261. The van der Waals surface area contributed by atoms with Gasteiger partial charge in [0.25, 0.3) is 0 Å². The number of carbonyl (C=O) groups is 2. The third-order valence-corrected chi connectivity index (χ3v) is 2.50. The molecular weight excluding hydrogens is 206 g/mol. The number of aliphatic carboxylic acids is 1. The lowest BCUT2D eigenvalue weighted by Crippen LogP contribution is -2.40. The molecule has 0 saturated heterocycles. The van der Waals surface area contributed by atoms with E-state index in [1.807, 2.05) is 6.08 Å². The van der Waals surface area contributed by atoms with Crippen LogP contribution in [-0.2, 0) is 9.59 Å². The number of carboxylic acids is 1. The van der Waals surface area contributed by atoms with E-state index < -0.39 is 12.0 Å². The standard InChI is InChI=1S/C12H21NO3/c1-4-5-6-7-8-9-11(14)13(3)10(2)12(15)16/h5-6,10H,4,7-9H2,1-3H3,(H,15,16)/b6-5+. The van der Waals surface area contributed by atoms with Crippen LogP contribution < -0.4 is 0 Å². The highest BCUT2D eigenvalue weighted by Gasteiger charge is 2.20. The van der Waals surface area contributed by atoms with Crippen LogP contribution in [0.5, 0.6) is 0 Å². The first-order chi connectivity index (χ1) is 7.50. The molecule has 0 aromatic carbocycles. The number of carbonyl (C=O) groups excluding carboxylic acids is 1. The average molecular weight is 227 g/mol. The van der Waals surface area contributed by atoms with E-state index in [-0.39, 0.29) is 5.91 Å². The highest BCUT2D eigenvalue weighted by Crippen LogP contribution is 2.04. The number of allylic oxidation sites excluding steroid dienone is 2. The van der Waals surface area contributed by atoms with Crippen LogP contribution in [0.1, 0.15) is 39.5 Å². The predicted molar refractivity (Wildman–Crippen MR) is 63.1 cm³/mol. The molecule has 0 aromatic rings. The van der Waals surface area contributed by atoms with Crippen molar-refractivity contribution in [2.75, 3.05) is 7.05 Å². The van der Waals surface area contributed by atoms with Gasteiger partial charge in [0, 0.05) is 13.5 Å². The molecule has 0 aliphatic heterocycles. The van der Waals surface area contributed by atoms with E-state index in [4.69, 9.17) is 5.11 Å². The Labute approximate surface area is 96.9 Å². The zero-order valence-corrected chi connectivity index (χ0v) is 10.3. The maximum Gasteiger partial charge on any atom is 0.326 e. The Kier molecular flexibility index (Phi) is 7.25. The minimum Gasteiger partial charge on any atom is -0.480 e. The van der Waals surface area contributed by atoms with E-state index in [9.17, 15) is 9.59 Å². The maximum atomic E-state index is 11.6. The minimum atomic E-state index is -0.971. The van der Waals surface area contributed by atoms with E-state index in [1.54, 1.807) is 0 Å². The van der Waals surface area contributed by atoms with Crippen molar-refractivity contribution < 1.29 is 14.7 Å². The van der Waals surface area contributed by atoms with Crippen molar-refractivity contribution in [1.82, 2.24) is 4.90 Å². The summed E-state index contributed by atoms with van der Waals surface area (Å²) in [5.74, 6) is -1.08. The van der Waals surface area contributed by atoms with Gasteiger partial charge in [-0.2, -0.15) is 0 Å². The Hall–Kier alpha value is -1.32. The highest BCUT2D eigenvalue weighted by molar-refractivity contribution is 5.83. The maximum absolute atomic E-state index is 11.6. The first-order valence-electron chi connectivity index (χ1n) is 5.64. The van der Waals surface area contributed by atoms with Gasteiger partial charge in [0.2, 0.25) is 5.91 Å². The lowest BCUT2D eigenvalue weighted by molar-refractivity contribution is -0.148. The van der Waals surface area contributed by atoms with E-state index in [2.05, 4.69) is 13.0 Å². The molecule has 16 heavy (non-hydrogen) atoms. The highest BCUT2D eigenvalue weighted by atomic mass is 16.4. The number of amides is 1. The molecule has 0 aromatic heterocycles. The molecule has 0 saturated carbocycles. The Morgan fingerprint density at radius 3 is 2.50 bits per heavy atom. The molecule has 92 valence electrons. The monoisotopic (exact) mass is 227 g/mol. The molecule has 0 radical (unpaired) electrons. The van der Waals surface area contributed by atoms with Crippen molar-refractivity contribution in [1.29, 1.82) is 0 Å². The summed E-state index contributed by atoms with van der Waals surface area (Å²) >= 11 is 0. The van der Waals surface area contributed by atoms with Gasteiger partial charge in [-0.05, 0) is 26.2 Å². The molecule has 0 fully saturated rings. The molecule has 0 spiro atoms. The van der Waals surface area contributed by atoms with Crippen LogP contribution in [0.25, 0.3) is 0 Å². The van der Waals surface area contributed by atoms with Crippen molar-refractivity contribution in [3.05, 3.63) is 12.2 Å². The van der Waals surface area contributed by atoms with Crippen LogP contribution in [0.2, 0.25) is 0 Å². The molecule has 0 aliphatic carbocycles. The molecule has 0 bridgehead atoms. The smallest absolute Gasteiger partial charge is 0.326 e. The zero-order chi connectivity index (χ0) is 12.6. The normalized spacial score (nSPS) is 12.7. The van der Waals surface area contributed by atoms with Crippen molar-refractivity contribution in [2.45, 2.75) is 45.6 Å².